The van der Waals surface area contributed by atoms with E-state index in [1.165, 1.54) is 33.1 Å². The van der Waals surface area contributed by atoms with Crippen molar-refractivity contribution in [3.05, 3.63) is 77.9 Å². The van der Waals surface area contributed by atoms with Crippen LogP contribution < -0.4 is 5.73 Å². The first-order valence-corrected chi connectivity index (χ1v) is 10.2. The lowest BCUT2D eigenvalue weighted by molar-refractivity contribution is -0.139. The number of imidazole rings is 1. The zero-order chi connectivity index (χ0) is 22.4. The Morgan fingerprint density at radius 3 is 2.58 bits per heavy atom. The fourth-order valence-corrected chi connectivity index (χ4v) is 3.44. The number of fused-ring (bicyclic) bond motifs is 3. The summed E-state index contributed by atoms with van der Waals surface area (Å²) in [4.78, 5) is 25.9. The minimum atomic E-state index is -0.913. The topological polar surface area (TPSA) is 107 Å². The number of carboxylic acids is 1. The Kier molecular flexibility index (Phi) is 7.20. The molecule has 1 aliphatic carbocycles. The number of hydrogen-bond acceptors (Lipinski definition) is 5. The van der Waals surface area contributed by atoms with Gasteiger partial charge in [-0.3, -0.25) is 4.79 Å². The van der Waals surface area contributed by atoms with E-state index in [1.807, 2.05) is 26.0 Å². The van der Waals surface area contributed by atoms with Crippen molar-refractivity contribution in [1.82, 2.24) is 9.55 Å². The molecule has 0 radical (unpaired) electrons. The van der Waals surface area contributed by atoms with Crippen molar-refractivity contribution >= 4 is 12.1 Å². The van der Waals surface area contributed by atoms with Gasteiger partial charge in [0, 0.05) is 12.4 Å². The molecule has 2 atom stereocenters. The van der Waals surface area contributed by atoms with E-state index in [0.717, 1.165) is 18.4 Å². The van der Waals surface area contributed by atoms with Crippen molar-refractivity contribution < 1.29 is 19.4 Å². The summed E-state index contributed by atoms with van der Waals surface area (Å²) in [6, 6.07) is 13.9. The van der Waals surface area contributed by atoms with Gasteiger partial charge in [-0.2, -0.15) is 0 Å². The van der Waals surface area contributed by atoms with E-state index < -0.39 is 18.1 Å². The van der Waals surface area contributed by atoms with Crippen molar-refractivity contribution in [3.63, 3.8) is 0 Å². The molecule has 4 rings (SSSR count). The van der Waals surface area contributed by atoms with Crippen molar-refractivity contribution in [1.29, 1.82) is 0 Å². The van der Waals surface area contributed by atoms with Crippen LogP contribution in [0, 0.1) is 5.92 Å². The molecule has 7 nitrogen and oxygen atoms in total. The second-order valence-corrected chi connectivity index (χ2v) is 7.55. The van der Waals surface area contributed by atoms with Gasteiger partial charge in [0.15, 0.2) is 0 Å². The van der Waals surface area contributed by atoms with Gasteiger partial charge >= 0.3 is 12.1 Å². The van der Waals surface area contributed by atoms with Gasteiger partial charge in [0.1, 0.15) is 19.0 Å². The van der Waals surface area contributed by atoms with E-state index in [-0.39, 0.29) is 12.5 Å². The van der Waals surface area contributed by atoms with Crippen LogP contribution in [-0.4, -0.2) is 32.8 Å². The molecule has 1 heterocycles. The van der Waals surface area contributed by atoms with E-state index in [2.05, 4.69) is 35.3 Å². The predicted molar refractivity (Wildman–Crippen MR) is 118 cm³/mol. The van der Waals surface area contributed by atoms with E-state index in [1.54, 1.807) is 12.4 Å². The highest BCUT2D eigenvalue weighted by molar-refractivity contribution is 5.78. The van der Waals surface area contributed by atoms with Crippen LogP contribution in [0.5, 0.6) is 0 Å². The molecule has 2 aromatic carbocycles. The Morgan fingerprint density at radius 2 is 1.94 bits per heavy atom. The summed E-state index contributed by atoms with van der Waals surface area (Å²) in [6.07, 6.45) is 5.86. The van der Waals surface area contributed by atoms with E-state index >= 15 is 0 Å². The quantitative estimate of drug-likeness (QED) is 0.503. The second-order valence-electron chi connectivity index (χ2n) is 7.55. The summed E-state index contributed by atoms with van der Waals surface area (Å²) in [5.41, 5.74) is 11.4. The summed E-state index contributed by atoms with van der Waals surface area (Å²) in [7, 11) is 0. The lowest BCUT2D eigenvalue weighted by atomic mass is 10.0. The lowest BCUT2D eigenvalue weighted by Crippen LogP contribution is -2.36. The number of carboxylic acid groups (broad SMARTS) is 1. The fraction of sp³-hybridized carbons (Fsp3) is 0.292. The highest BCUT2D eigenvalue weighted by Crippen LogP contribution is 2.38. The van der Waals surface area contributed by atoms with Gasteiger partial charge in [-0.15, -0.1) is 0 Å². The zero-order valence-electron chi connectivity index (χ0n) is 17.7. The molecular weight excluding hydrogens is 394 g/mol. The summed E-state index contributed by atoms with van der Waals surface area (Å²) in [5, 5.41) is 8.36. The second kappa shape index (κ2) is 10.0. The van der Waals surface area contributed by atoms with E-state index in [9.17, 15) is 9.59 Å². The smallest absolute Gasteiger partial charge is 0.419 e. The molecule has 0 unspecified atom stereocenters. The van der Waals surface area contributed by atoms with Crippen molar-refractivity contribution in [2.45, 2.75) is 39.3 Å². The molecule has 0 fully saturated rings. The average molecular weight is 421 g/mol. The molecule has 0 amide bonds. The van der Waals surface area contributed by atoms with Gasteiger partial charge in [-0.1, -0.05) is 62.7 Å². The van der Waals surface area contributed by atoms with Crippen LogP contribution in [0.3, 0.4) is 0 Å². The SMILES string of the molecule is CC[C@H](C)[C@H](N)C(=O)O.O=C(OCc1cccc2c1Cc1ccccc1-2)n1ccnc1. The Bertz CT molecular complexity index is 1050. The van der Waals surface area contributed by atoms with Crippen LogP contribution in [-0.2, 0) is 22.6 Å². The number of hydrogen-bond donors (Lipinski definition) is 2. The molecule has 3 aromatic rings. The number of nitrogens with zero attached hydrogens (tertiary/aromatic N) is 2. The molecule has 3 N–H and O–H groups in total. The normalized spacial score (nSPS) is 13.3. The van der Waals surface area contributed by atoms with E-state index in [4.69, 9.17) is 15.6 Å². The number of rotatable bonds is 5. The Morgan fingerprint density at radius 1 is 1.19 bits per heavy atom. The number of benzene rings is 2. The number of ether oxygens (including phenoxy) is 1. The first-order chi connectivity index (χ1) is 14.9. The molecule has 0 aliphatic heterocycles. The summed E-state index contributed by atoms with van der Waals surface area (Å²) in [5.74, 6) is -0.841. The van der Waals surface area contributed by atoms with Crippen LogP contribution in [0.1, 0.15) is 37.0 Å². The van der Waals surface area contributed by atoms with Crippen molar-refractivity contribution in [2.75, 3.05) is 0 Å². The van der Waals surface area contributed by atoms with Crippen LogP contribution in [0.25, 0.3) is 11.1 Å². The lowest BCUT2D eigenvalue weighted by Gasteiger charge is -2.11. The standard InChI is InChI=1S/C18H14N2O2.C6H13NO2/c21-18(20-9-8-19-12-20)22-11-14-5-3-7-16-15-6-2-1-4-13(15)10-17(14)16;1-3-4(2)5(7)6(8)9/h1-9,12H,10-11H2;4-5H,3,7H2,1-2H3,(H,8,9)/t;4-,5-/m.0/s1. The molecule has 0 spiro atoms. The van der Waals surface area contributed by atoms with Gasteiger partial charge in [-0.05, 0) is 40.2 Å². The minimum absolute atomic E-state index is 0.0718. The largest absolute Gasteiger partial charge is 0.480 e. The molecular formula is C24H27N3O4. The van der Waals surface area contributed by atoms with Crippen molar-refractivity contribution in [3.8, 4) is 11.1 Å². The van der Waals surface area contributed by atoms with Gasteiger partial charge in [0.05, 0.1) is 0 Å². The van der Waals surface area contributed by atoms with Gasteiger partial charge in [0.2, 0.25) is 0 Å². The molecule has 0 saturated heterocycles. The molecule has 1 aromatic heterocycles. The molecule has 0 bridgehead atoms. The van der Waals surface area contributed by atoms with E-state index in [0.29, 0.717) is 0 Å². The molecule has 31 heavy (non-hydrogen) atoms. The first-order valence-electron chi connectivity index (χ1n) is 10.2. The van der Waals surface area contributed by atoms with Crippen molar-refractivity contribution in [2.24, 2.45) is 11.7 Å². The molecule has 1 aliphatic rings. The molecule has 0 saturated carbocycles. The Balaban J connectivity index is 0.000000259. The van der Waals surface area contributed by atoms with Gasteiger partial charge < -0.3 is 15.6 Å². The third kappa shape index (κ3) is 5.19. The highest BCUT2D eigenvalue weighted by atomic mass is 16.5. The fourth-order valence-electron chi connectivity index (χ4n) is 3.44. The molecule has 162 valence electrons. The number of nitrogens with two attached hydrogens (primary N) is 1. The van der Waals surface area contributed by atoms with Crippen LogP contribution in [0.4, 0.5) is 4.79 Å². The highest BCUT2D eigenvalue weighted by Gasteiger charge is 2.21. The van der Waals surface area contributed by atoms with Crippen LogP contribution in [0.2, 0.25) is 0 Å². The Labute approximate surface area is 181 Å². The molecule has 7 heteroatoms. The number of aromatic nitrogens is 2. The average Bonchev–Trinajstić information content (AvgIpc) is 3.45. The predicted octanol–water partition coefficient (Wildman–Crippen LogP) is 4.08. The number of carbonyl (C=O) groups excluding carboxylic acids is 1. The number of carbonyl (C=O) groups is 2. The maximum absolute atomic E-state index is 11.9. The third-order valence-electron chi connectivity index (χ3n) is 5.56. The van der Waals surface area contributed by atoms with Crippen LogP contribution >= 0.6 is 0 Å². The summed E-state index contributed by atoms with van der Waals surface area (Å²) < 4.78 is 6.71. The van der Waals surface area contributed by atoms with Gasteiger partial charge in [0.25, 0.3) is 0 Å². The van der Waals surface area contributed by atoms with Gasteiger partial charge in [-0.25, -0.2) is 14.3 Å². The van der Waals surface area contributed by atoms with Crippen LogP contribution in [0.15, 0.2) is 61.2 Å². The monoisotopic (exact) mass is 421 g/mol. The first kappa shape index (κ1) is 22.2. The maximum atomic E-state index is 11.9. The number of aliphatic carboxylic acids is 1. The minimum Gasteiger partial charge on any atom is -0.480 e. The zero-order valence-corrected chi connectivity index (χ0v) is 17.7. The summed E-state index contributed by atoms with van der Waals surface area (Å²) >= 11 is 0. The summed E-state index contributed by atoms with van der Waals surface area (Å²) in [6.45, 7) is 4.03. The maximum Gasteiger partial charge on any atom is 0.419 e. The Hall–Kier alpha value is -3.45. The third-order valence-corrected chi connectivity index (χ3v) is 5.56.